The maximum Gasteiger partial charge on any atom is 0.228 e. The molecule has 4 N–H and O–H groups in total. The molecule has 0 radical (unpaired) electrons. The average molecular weight is 256 g/mol. The lowest BCUT2D eigenvalue weighted by Crippen LogP contribution is -2.32. The lowest BCUT2D eigenvalue weighted by atomic mass is 9.93. The topological polar surface area (TPSA) is 103 Å². The molecule has 0 aliphatic heterocycles. The number of hydrogen-bond acceptors (Lipinski definition) is 3. The second-order valence-electron chi connectivity index (χ2n) is 4.62. The fourth-order valence-corrected chi connectivity index (χ4v) is 1.89. The Morgan fingerprint density at radius 1 is 0.944 bits per heavy atom. The van der Waals surface area contributed by atoms with Gasteiger partial charge in [0.25, 0.3) is 0 Å². The number of rotatable bonds is 11. The quantitative estimate of drug-likeness (QED) is 0.430. The van der Waals surface area contributed by atoms with E-state index in [-0.39, 0.29) is 0 Å². The SMILES string of the molecule is CCCCCCCCC(C(N)=O)C(=O)CC(N)=O. The zero-order valence-electron chi connectivity index (χ0n) is 11.1. The van der Waals surface area contributed by atoms with Crippen molar-refractivity contribution in [3.05, 3.63) is 0 Å². The smallest absolute Gasteiger partial charge is 0.228 e. The molecule has 0 aromatic rings. The lowest BCUT2D eigenvalue weighted by Gasteiger charge is -2.11. The highest BCUT2D eigenvalue weighted by Gasteiger charge is 2.24. The van der Waals surface area contributed by atoms with Crippen molar-refractivity contribution in [1.82, 2.24) is 0 Å². The first-order valence-electron chi connectivity index (χ1n) is 6.59. The number of nitrogens with two attached hydrogens (primary N) is 2. The molecule has 5 heteroatoms. The first-order chi connectivity index (χ1) is 8.49. The number of unbranched alkanes of at least 4 members (excludes halogenated alkanes) is 5. The molecule has 0 spiro atoms. The summed E-state index contributed by atoms with van der Waals surface area (Å²) in [7, 11) is 0. The van der Waals surface area contributed by atoms with Gasteiger partial charge >= 0.3 is 0 Å². The second kappa shape index (κ2) is 9.62. The number of primary amides is 2. The van der Waals surface area contributed by atoms with Gasteiger partial charge in [-0.25, -0.2) is 0 Å². The zero-order valence-corrected chi connectivity index (χ0v) is 11.1. The number of ketones is 1. The van der Waals surface area contributed by atoms with E-state index in [0.717, 1.165) is 19.3 Å². The van der Waals surface area contributed by atoms with Crippen molar-refractivity contribution in [3.63, 3.8) is 0 Å². The summed E-state index contributed by atoms with van der Waals surface area (Å²) < 4.78 is 0. The normalized spacial score (nSPS) is 12.1. The molecule has 1 atom stereocenters. The summed E-state index contributed by atoms with van der Waals surface area (Å²) in [5.41, 5.74) is 10.1. The van der Waals surface area contributed by atoms with Crippen LogP contribution < -0.4 is 11.5 Å². The van der Waals surface area contributed by atoms with Crippen molar-refractivity contribution in [2.24, 2.45) is 17.4 Å². The van der Waals surface area contributed by atoms with Gasteiger partial charge in [-0.15, -0.1) is 0 Å². The molecule has 0 saturated heterocycles. The van der Waals surface area contributed by atoms with Crippen molar-refractivity contribution < 1.29 is 14.4 Å². The van der Waals surface area contributed by atoms with E-state index in [1.54, 1.807) is 0 Å². The number of carbonyl (C=O) groups excluding carboxylic acids is 3. The molecule has 1 unspecified atom stereocenters. The van der Waals surface area contributed by atoms with Crippen LogP contribution in [0.5, 0.6) is 0 Å². The van der Waals surface area contributed by atoms with E-state index in [4.69, 9.17) is 11.5 Å². The molecule has 0 heterocycles. The van der Waals surface area contributed by atoms with E-state index in [0.29, 0.717) is 6.42 Å². The van der Waals surface area contributed by atoms with E-state index < -0.39 is 29.9 Å². The molecule has 18 heavy (non-hydrogen) atoms. The van der Waals surface area contributed by atoms with Crippen LogP contribution in [0.25, 0.3) is 0 Å². The molecule has 0 saturated carbocycles. The highest BCUT2D eigenvalue weighted by atomic mass is 16.2. The predicted molar refractivity (Wildman–Crippen MR) is 69.5 cm³/mol. The maximum atomic E-state index is 11.6. The molecule has 0 aromatic heterocycles. The Morgan fingerprint density at radius 3 is 2.00 bits per heavy atom. The van der Waals surface area contributed by atoms with Crippen molar-refractivity contribution in [1.29, 1.82) is 0 Å². The minimum Gasteiger partial charge on any atom is -0.369 e. The van der Waals surface area contributed by atoms with Gasteiger partial charge in [0.1, 0.15) is 0 Å². The van der Waals surface area contributed by atoms with Gasteiger partial charge in [0.2, 0.25) is 11.8 Å². The molecule has 0 rings (SSSR count). The third-order valence-electron chi connectivity index (χ3n) is 2.93. The van der Waals surface area contributed by atoms with Gasteiger partial charge < -0.3 is 11.5 Å². The molecule has 0 fully saturated rings. The predicted octanol–water partition coefficient (Wildman–Crippen LogP) is 1.28. The third-order valence-corrected chi connectivity index (χ3v) is 2.93. The van der Waals surface area contributed by atoms with Crippen LogP contribution in [-0.2, 0) is 14.4 Å². The van der Waals surface area contributed by atoms with Crippen molar-refractivity contribution in [3.8, 4) is 0 Å². The van der Waals surface area contributed by atoms with Crippen LogP contribution in [-0.4, -0.2) is 17.6 Å². The molecule has 0 bridgehead atoms. The Kier molecular flexibility index (Phi) is 8.88. The summed E-state index contributed by atoms with van der Waals surface area (Å²) >= 11 is 0. The summed E-state index contributed by atoms with van der Waals surface area (Å²) in [6, 6.07) is 0. The van der Waals surface area contributed by atoms with Gasteiger partial charge in [-0.3, -0.25) is 14.4 Å². The van der Waals surface area contributed by atoms with Crippen LogP contribution in [0.4, 0.5) is 0 Å². The molecule has 0 aliphatic rings. The maximum absolute atomic E-state index is 11.6. The minimum absolute atomic E-state index is 0.399. The Morgan fingerprint density at radius 2 is 1.50 bits per heavy atom. The lowest BCUT2D eigenvalue weighted by molar-refractivity contribution is -0.134. The first-order valence-corrected chi connectivity index (χ1v) is 6.59. The van der Waals surface area contributed by atoms with Crippen LogP contribution in [0.2, 0.25) is 0 Å². The summed E-state index contributed by atoms with van der Waals surface area (Å²) in [4.78, 5) is 33.3. The van der Waals surface area contributed by atoms with E-state index >= 15 is 0 Å². The fourth-order valence-electron chi connectivity index (χ4n) is 1.89. The Balaban J connectivity index is 3.94. The molecule has 0 aliphatic carbocycles. The van der Waals surface area contributed by atoms with Crippen LogP contribution in [0, 0.1) is 5.92 Å². The highest BCUT2D eigenvalue weighted by molar-refractivity contribution is 6.07. The standard InChI is InChI=1S/C13H24N2O3/c1-2-3-4-5-6-7-8-10(13(15)18)11(16)9-12(14)17/h10H,2-9H2,1H3,(H2,14,17)(H2,15,18). The monoisotopic (exact) mass is 256 g/mol. The molecule has 5 nitrogen and oxygen atoms in total. The van der Waals surface area contributed by atoms with E-state index in [1.165, 1.54) is 19.3 Å². The van der Waals surface area contributed by atoms with E-state index in [9.17, 15) is 14.4 Å². The van der Waals surface area contributed by atoms with Gasteiger partial charge in [-0.1, -0.05) is 45.4 Å². The summed E-state index contributed by atoms with van der Waals surface area (Å²) in [6.45, 7) is 2.14. The van der Waals surface area contributed by atoms with Crippen molar-refractivity contribution in [2.75, 3.05) is 0 Å². The highest BCUT2D eigenvalue weighted by Crippen LogP contribution is 2.14. The average Bonchev–Trinajstić information content (AvgIpc) is 2.26. The molecular weight excluding hydrogens is 232 g/mol. The molecule has 104 valence electrons. The van der Waals surface area contributed by atoms with Crippen LogP contribution in [0.1, 0.15) is 58.3 Å². The molecule has 0 aromatic carbocycles. The van der Waals surface area contributed by atoms with Crippen LogP contribution in [0.3, 0.4) is 0 Å². The third kappa shape index (κ3) is 7.81. The number of carbonyl (C=O) groups is 3. The largest absolute Gasteiger partial charge is 0.369 e. The number of amides is 2. The number of Topliss-reactive ketones (excluding diaryl/α,β-unsaturated/α-hetero) is 1. The number of hydrogen-bond donors (Lipinski definition) is 2. The molecule has 2 amide bonds. The first kappa shape index (κ1) is 16.6. The zero-order chi connectivity index (χ0) is 14.0. The Labute approximate surface area is 108 Å². The van der Waals surface area contributed by atoms with E-state index in [2.05, 4.69) is 6.92 Å². The van der Waals surface area contributed by atoms with Crippen LogP contribution >= 0.6 is 0 Å². The minimum atomic E-state index is -0.858. The second-order valence-corrected chi connectivity index (χ2v) is 4.62. The van der Waals surface area contributed by atoms with Gasteiger partial charge in [0.15, 0.2) is 5.78 Å². The summed E-state index contributed by atoms with van der Waals surface area (Å²) in [5.74, 6) is -2.68. The van der Waals surface area contributed by atoms with Crippen molar-refractivity contribution in [2.45, 2.75) is 58.3 Å². The molecular formula is C13H24N2O3. The van der Waals surface area contributed by atoms with Gasteiger partial charge in [-0.05, 0) is 6.42 Å². The summed E-state index contributed by atoms with van der Waals surface area (Å²) in [5, 5.41) is 0. The van der Waals surface area contributed by atoms with E-state index in [1.807, 2.05) is 0 Å². The van der Waals surface area contributed by atoms with Gasteiger partial charge in [0.05, 0.1) is 12.3 Å². The van der Waals surface area contributed by atoms with Crippen LogP contribution in [0.15, 0.2) is 0 Å². The van der Waals surface area contributed by atoms with Crippen molar-refractivity contribution >= 4 is 17.6 Å². The van der Waals surface area contributed by atoms with Gasteiger partial charge in [-0.2, -0.15) is 0 Å². The van der Waals surface area contributed by atoms with Gasteiger partial charge in [0, 0.05) is 0 Å². The summed E-state index contributed by atoms with van der Waals surface area (Å²) in [6.07, 6.45) is 6.45. The fraction of sp³-hybridized carbons (Fsp3) is 0.769. The Bertz CT molecular complexity index is 290. The Hall–Kier alpha value is -1.39.